The average molecular weight is 365 g/mol. The first kappa shape index (κ1) is 18.7. The first-order valence-electron chi connectivity index (χ1n) is 8.70. The summed E-state index contributed by atoms with van der Waals surface area (Å²) >= 11 is 0. The molecule has 2 aromatic carbocycles. The molecule has 1 fully saturated rings. The molecule has 0 unspecified atom stereocenters. The minimum absolute atomic E-state index is 0.183. The van der Waals surface area contributed by atoms with Crippen molar-refractivity contribution in [1.29, 1.82) is 0 Å². The van der Waals surface area contributed by atoms with Crippen molar-refractivity contribution in [1.82, 2.24) is 0 Å². The van der Waals surface area contributed by atoms with E-state index in [9.17, 15) is 17.6 Å². The van der Waals surface area contributed by atoms with Gasteiger partial charge >= 0.3 is 6.11 Å². The van der Waals surface area contributed by atoms with Gasteiger partial charge < -0.3 is 4.74 Å². The lowest BCUT2D eigenvalue weighted by Crippen LogP contribution is -2.24. The number of ether oxygens (including phenoxy) is 1. The third-order valence-electron chi connectivity index (χ3n) is 5.01. The van der Waals surface area contributed by atoms with Crippen LogP contribution >= 0.6 is 0 Å². The second-order valence-corrected chi connectivity index (χ2v) is 7.00. The molecule has 0 saturated heterocycles. The molecule has 3 rings (SSSR count). The van der Waals surface area contributed by atoms with Crippen LogP contribution in [0.1, 0.15) is 55.2 Å². The van der Waals surface area contributed by atoms with E-state index in [2.05, 4.69) is 11.7 Å². The highest BCUT2D eigenvalue weighted by Gasteiger charge is 2.38. The first-order chi connectivity index (χ1) is 12.3. The Hall–Kier alpha value is -2.04. The van der Waals surface area contributed by atoms with E-state index >= 15 is 0 Å². The van der Waals surface area contributed by atoms with Crippen molar-refractivity contribution in [2.24, 2.45) is 0 Å². The van der Waals surface area contributed by atoms with Crippen molar-refractivity contribution in [3.8, 4) is 5.75 Å². The van der Waals surface area contributed by atoms with Crippen molar-refractivity contribution in [3.05, 3.63) is 70.6 Å². The van der Waals surface area contributed by atoms with Crippen LogP contribution in [0.2, 0.25) is 0 Å². The molecular formula is C21H21F4O. The third-order valence-corrected chi connectivity index (χ3v) is 5.01. The summed E-state index contributed by atoms with van der Waals surface area (Å²) in [6.45, 7) is 3.62. The van der Waals surface area contributed by atoms with Crippen molar-refractivity contribution in [3.63, 3.8) is 0 Å². The summed E-state index contributed by atoms with van der Waals surface area (Å²) < 4.78 is 61.2. The minimum Gasteiger partial charge on any atom is -0.429 e. The molecule has 139 valence electrons. The highest BCUT2D eigenvalue weighted by molar-refractivity contribution is 5.32. The number of rotatable bonds is 4. The summed E-state index contributed by atoms with van der Waals surface area (Å²) in [6.07, 6.45) is -0.125. The molecule has 1 radical (unpaired) electrons. The maximum absolute atomic E-state index is 14.4. The SMILES string of the molecule is C[C]1CCC(c2ccc(C(F)(F)Oc3ccc(C)c(F)c3)c(F)c2)CC1. The van der Waals surface area contributed by atoms with Crippen molar-refractivity contribution < 1.29 is 22.3 Å². The molecule has 2 aromatic rings. The molecule has 1 nitrogen and oxygen atoms in total. The fourth-order valence-corrected chi connectivity index (χ4v) is 3.31. The molecule has 1 saturated carbocycles. The summed E-state index contributed by atoms with van der Waals surface area (Å²) in [5.41, 5.74) is 0.202. The first-order valence-corrected chi connectivity index (χ1v) is 8.70. The zero-order chi connectivity index (χ0) is 18.9. The molecule has 0 atom stereocenters. The summed E-state index contributed by atoms with van der Waals surface area (Å²) in [5.74, 6) is -0.406. The molecule has 26 heavy (non-hydrogen) atoms. The predicted molar refractivity (Wildman–Crippen MR) is 92.2 cm³/mol. The van der Waals surface area contributed by atoms with Crippen LogP contribution in [0.5, 0.6) is 5.75 Å². The van der Waals surface area contributed by atoms with Crippen molar-refractivity contribution in [2.75, 3.05) is 0 Å². The maximum Gasteiger partial charge on any atom is 0.429 e. The lowest BCUT2D eigenvalue weighted by atomic mass is 9.79. The average Bonchev–Trinajstić information content (AvgIpc) is 2.58. The predicted octanol–water partition coefficient (Wildman–Crippen LogP) is 6.65. The lowest BCUT2D eigenvalue weighted by Gasteiger charge is -2.27. The number of alkyl halides is 2. The quantitative estimate of drug-likeness (QED) is 0.551. The number of hydrogen-bond donors (Lipinski definition) is 0. The van der Waals surface area contributed by atoms with Gasteiger partial charge in [-0.2, -0.15) is 8.78 Å². The van der Waals surface area contributed by atoms with Gasteiger partial charge in [0.25, 0.3) is 0 Å². The molecule has 0 heterocycles. The molecule has 0 spiro atoms. The third kappa shape index (κ3) is 4.02. The summed E-state index contributed by atoms with van der Waals surface area (Å²) in [7, 11) is 0. The van der Waals surface area contributed by atoms with Gasteiger partial charge in [-0.05, 0) is 73.8 Å². The van der Waals surface area contributed by atoms with E-state index in [1.165, 1.54) is 37.1 Å². The topological polar surface area (TPSA) is 9.23 Å². The zero-order valence-corrected chi connectivity index (χ0v) is 14.8. The van der Waals surface area contributed by atoms with E-state index in [-0.39, 0.29) is 11.7 Å². The number of benzene rings is 2. The minimum atomic E-state index is -3.89. The molecule has 1 aliphatic carbocycles. The highest BCUT2D eigenvalue weighted by atomic mass is 19.3. The van der Waals surface area contributed by atoms with Gasteiger partial charge in [-0.25, -0.2) is 8.78 Å². The van der Waals surface area contributed by atoms with Gasteiger partial charge in [0.2, 0.25) is 0 Å². The highest BCUT2D eigenvalue weighted by Crippen LogP contribution is 2.39. The van der Waals surface area contributed by atoms with Crippen LogP contribution in [0.4, 0.5) is 17.6 Å². The van der Waals surface area contributed by atoms with Gasteiger partial charge in [0.1, 0.15) is 17.4 Å². The summed E-state index contributed by atoms with van der Waals surface area (Å²) in [6, 6.07) is 7.23. The van der Waals surface area contributed by atoms with Gasteiger partial charge in [0.15, 0.2) is 0 Å². The molecule has 0 aliphatic heterocycles. The van der Waals surface area contributed by atoms with E-state index in [1.807, 2.05) is 0 Å². The molecule has 0 aromatic heterocycles. The van der Waals surface area contributed by atoms with Crippen LogP contribution in [-0.4, -0.2) is 0 Å². The zero-order valence-electron chi connectivity index (χ0n) is 14.8. The fraction of sp³-hybridized carbons (Fsp3) is 0.381. The van der Waals surface area contributed by atoms with Crippen molar-refractivity contribution in [2.45, 2.75) is 51.6 Å². The second kappa shape index (κ2) is 7.29. The number of hydrogen-bond acceptors (Lipinski definition) is 1. The standard InChI is InChI=1S/C21H21F4O/c1-13-3-6-15(7-4-13)16-8-10-18(20(23)11-16)21(24,25)26-17-9-5-14(2)19(22)12-17/h5,8-12,15H,3-4,6-7H2,1-2H3. The maximum atomic E-state index is 14.4. The van der Waals surface area contributed by atoms with Crippen LogP contribution in [0, 0.1) is 24.5 Å². The van der Waals surface area contributed by atoms with Crippen LogP contribution < -0.4 is 4.74 Å². The Balaban J connectivity index is 1.79. The van der Waals surface area contributed by atoms with Gasteiger partial charge in [-0.3, -0.25) is 0 Å². The normalized spacial score (nSPS) is 16.7. The number of aryl methyl sites for hydroxylation is 1. The summed E-state index contributed by atoms with van der Waals surface area (Å²) in [4.78, 5) is 0. The van der Waals surface area contributed by atoms with Crippen LogP contribution in [0.15, 0.2) is 36.4 Å². The van der Waals surface area contributed by atoms with Gasteiger partial charge in [-0.15, -0.1) is 0 Å². The Morgan fingerprint density at radius 3 is 2.23 bits per heavy atom. The van der Waals surface area contributed by atoms with E-state index in [4.69, 9.17) is 0 Å². The Morgan fingerprint density at radius 2 is 1.62 bits per heavy atom. The van der Waals surface area contributed by atoms with Gasteiger partial charge in [-0.1, -0.05) is 19.1 Å². The fourth-order valence-electron chi connectivity index (χ4n) is 3.31. The Labute approximate surface area is 151 Å². The molecular weight excluding hydrogens is 344 g/mol. The molecule has 5 heteroatoms. The molecule has 1 aliphatic rings. The second-order valence-electron chi connectivity index (χ2n) is 7.00. The molecule has 0 bridgehead atoms. The van der Waals surface area contributed by atoms with Crippen molar-refractivity contribution >= 4 is 0 Å². The lowest BCUT2D eigenvalue weighted by molar-refractivity contribution is -0.187. The molecule has 0 N–H and O–H groups in total. The van der Waals surface area contributed by atoms with Crippen LogP contribution in [-0.2, 0) is 6.11 Å². The van der Waals surface area contributed by atoms with E-state index in [0.717, 1.165) is 43.4 Å². The Morgan fingerprint density at radius 1 is 0.923 bits per heavy atom. The monoisotopic (exact) mass is 365 g/mol. The smallest absolute Gasteiger partial charge is 0.429 e. The van der Waals surface area contributed by atoms with E-state index in [1.54, 1.807) is 0 Å². The van der Waals surface area contributed by atoms with E-state index in [0.29, 0.717) is 5.56 Å². The van der Waals surface area contributed by atoms with Gasteiger partial charge in [0, 0.05) is 6.07 Å². The van der Waals surface area contributed by atoms with Gasteiger partial charge in [0.05, 0.1) is 5.56 Å². The summed E-state index contributed by atoms with van der Waals surface area (Å²) in [5, 5.41) is 0. The Kier molecular flexibility index (Phi) is 5.26. The van der Waals surface area contributed by atoms with Crippen LogP contribution in [0.25, 0.3) is 0 Å². The van der Waals surface area contributed by atoms with Crippen LogP contribution in [0.3, 0.4) is 0 Å². The number of halogens is 4. The van der Waals surface area contributed by atoms with E-state index < -0.39 is 23.3 Å². The Bertz CT molecular complexity index is 780. The molecule has 0 amide bonds. The largest absolute Gasteiger partial charge is 0.429 e.